The summed E-state index contributed by atoms with van der Waals surface area (Å²) in [7, 11) is 0. The Kier molecular flexibility index (Phi) is 2.65. The molecule has 1 unspecified atom stereocenters. The zero-order chi connectivity index (χ0) is 11.8. The van der Waals surface area contributed by atoms with Crippen molar-refractivity contribution >= 4 is 11.6 Å². The third kappa shape index (κ3) is 1.96. The molecular formula is C13H13ClN2O. The molecule has 3 nitrogen and oxygen atoms in total. The van der Waals surface area contributed by atoms with E-state index in [1.165, 1.54) is 0 Å². The number of nitrogens with zero attached hydrogens (tertiary/aromatic N) is 2. The van der Waals surface area contributed by atoms with Gasteiger partial charge in [0.25, 0.3) is 0 Å². The number of benzene rings is 1. The van der Waals surface area contributed by atoms with Gasteiger partial charge in [0.05, 0.1) is 18.0 Å². The van der Waals surface area contributed by atoms with E-state index in [2.05, 4.69) is 9.55 Å². The maximum Gasteiger partial charge on any atom is 0.111 e. The number of imidazole rings is 1. The number of aromatic nitrogens is 2. The molecule has 17 heavy (non-hydrogen) atoms. The van der Waals surface area contributed by atoms with Crippen LogP contribution in [0.5, 0.6) is 0 Å². The minimum absolute atomic E-state index is 0.253. The van der Waals surface area contributed by atoms with Gasteiger partial charge >= 0.3 is 0 Å². The Morgan fingerprint density at radius 3 is 3.12 bits per heavy atom. The first-order valence-corrected chi connectivity index (χ1v) is 6.10. The van der Waals surface area contributed by atoms with Gasteiger partial charge < -0.3 is 9.67 Å². The Balaban J connectivity index is 2.05. The number of hydrogen-bond donors (Lipinski definition) is 1. The first-order valence-electron chi connectivity index (χ1n) is 5.72. The number of hydrogen-bond acceptors (Lipinski definition) is 2. The van der Waals surface area contributed by atoms with E-state index in [0.29, 0.717) is 6.42 Å². The van der Waals surface area contributed by atoms with E-state index < -0.39 is 0 Å². The molecule has 2 aromatic rings. The lowest BCUT2D eigenvalue weighted by atomic mass is 10.1. The number of halogens is 1. The van der Waals surface area contributed by atoms with Crippen LogP contribution in [0.25, 0.3) is 11.3 Å². The highest BCUT2D eigenvalue weighted by Crippen LogP contribution is 2.26. The van der Waals surface area contributed by atoms with E-state index in [9.17, 15) is 5.11 Å². The normalized spacial score (nSPS) is 19.1. The lowest BCUT2D eigenvalue weighted by Gasteiger charge is -2.20. The van der Waals surface area contributed by atoms with Gasteiger partial charge in [-0.25, -0.2) is 4.98 Å². The zero-order valence-corrected chi connectivity index (χ0v) is 10.1. The van der Waals surface area contributed by atoms with Crippen LogP contribution in [-0.2, 0) is 13.0 Å². The van der Waals surface area contributed by atoms with Gasteiger partial charge in [0, 0.05) is 23.6 Å². The van der Waals surface area contributed by atoms with Gasteiger partial charge in [0.1, 0.15) is 5.82 Å². The average molecular weight is 249 g/mol. The second-order valence-electron chi connectivity index (χ2n) is 4.37. The van der Waals surface area contributed by atoms with E-state index in [-0.39, 0.29) is 6.10 Å². The first kappa shape index (κ1) is 10.8. The molecule has 0 fully saturated rings. The maximum atomic E-state index is 9.61. The highest BCUT2D eigenvalue weighted by molar-refractivity contribution is 6.30. The smallest absolute Gasteiger partial charge is 0.111 e. The minimum Gasteiger partial charge on any atom is -0.393 e. The molecule has 4 heteroatoms. The van der Waals surface area contributed by atoms with Crippen LogP contribution in [0, 0.1) is 0 Å². The largest absolute Gasteiger partial charge is 0.393 e. The lowest BCUT2D eigenvalue weighted by molar-refractivity contribution is 0.142. The molecule has 2 heterocycles. The monoisotopic (exact) mass is 248 g/mol. The van der Waals surface area contributed by atoms with Gasteiger partial charge in [-0.05, 0) is 18.6 Å². The minimum atomic E-state index is -0.253. The number of rotatable bonds is 1. The van der Waals surface area contributed by atoms with Gasteiger partial charge in [0.2, 0.25) is 0 Å². The van der Waals surface area contributed by atoms with E-state index in [1.807, 2.05) is 30.5 Å². The highest BCUT2D eigenvalue weighted by atomic mass is 35.5. The third-order valence-electron chi connectivity index (χ3n) is 3.16. The second-order valence-corrected chi connectivity index (χ2v) is 4.80. The fourth-order valence-corrected chi connectivity index (χ4v) is 2.49. The average Bonchev–Trinajstić information content (AvgIpc) is 2.71. The van der Waals surface area contributed by atoms with Crippen LogP contribution in [0.2, 0.25) is 5.02 Å². The molecule has 0 spiro atoms. The van der Waals surface area contributed by atoms with E-state index in [4.69, 9.17) is 11.6 Å². The molecule has 0 bridgehead atoms. The van der Waals surface area contributed by atoms with Crippen molar-refractivity contribution in [2.45, 2.75) is 25.5 Å². The molecule has 0 radical (unpaired) electrons. The van der Waals surface area contributed by atoms with Crippen LogP contribution in [0.1, 0.15) is 12.2 Å². The summed E-state index contributed by atoms with van der Waals surface area (Å²) in [5.41, 5.74) is 2.15. The predicted octanol–water partition coefficient (Wildman–Crippen LogP) is 2.51. The Morgan fingerprint density at radius 1 is 1.41 bits per heavy atom. The highest BCUT2D eigenvalue weighted by Gasteiger charge is 2.20. The van der Waals surface area contributed by atoms with Gasteiger partial charge in [-0.1, -0.05) is 23.7 Å². The van der Waals surface area contributed by atoms with Crippen LogP contribution in [-0.4, -0.2) is 20.8 Å². The van der Waals surface area contributed by atoms with Crippen molar-refractivity contribution in [2.24, 2.45) is 0 Å². The Labute approximate surface area is 105 Å². The molecule has 0 amide bonds. The van der Waals surface area contributed by atoms with Crippen molar-refractivity contribution in [2.75, 3.05) is 0 Å². The Morgan fingerprint density at radius 2 is 2.29 bits per heavy atom. The Hall–Kier alpha value is -1.32. The molecule has 1 aliphatic rings. The zero-order valence-electron chi connectivity index (χ0n) is 9.31. The lowest BCUT2D eigenvalue weighted by Crippen LogP contribution is -2.23. The number of fused-ring (bicyclic) bond motifs is 1. The van der Waals surface area contributed by atoms with Gasteiger partial charge in [-0.2, -0.15) is 0 Å². The maximum absolute atomic E-state index is 9.61. The van der Waals surface area contributed by atoms with Crippen LogP contribution in [0.15, 0.2) is 30.5 Å². The molecule has 1 aliphatic heterocycles. The summed E-state index contributed by atoms with van der Waals surface area (Å²) in [5, 5.41) is 10.3. The molecule has 88 valence electrons. The summed E-state index contributed by atoms with van der Waals surface area (Å²) in [6.45, 7) is 0.818. The fourth-order valence-electron chi connectivity index (χ4n) is 2.30. The summed E-state index contributed by atoms with van der Waals surface area (Å²) < 4.78 is 2.17. The van der Waals surface area contributed by atoms with Gasteiger partial charge in [-0.15, -0.1) is 0 Å². The summed E-state index contributed by atoms with van der Waals surface area (Å²) in [6.07, 6.45) is 3.04. The summed E-state index contributed by atoms with van der Waals surface area (Å²) in [4.78, 5) is 4.37. The van der Waals surface area contributed by atoms with Crippen LogP contribution in [0.4, 0.5) is 0 Å². The van der Waals surface area contributed by atoms with Crippen molar-refractivity contribution in [3.05, 3.63) is 41.3 Å². The van der Waals surface area contributed by atoms with Crippen molar-refractivity contribution in [3.8, 4) is 11.3 Å². The molecule has 3 rings (SSSR count). The molecule has 1 atom stereocenters. The number of aliphatic hydroxyl groups is 1. The molecule has 0 aliphatic carbocycles. The van der Waals surface area contributed by atoms with Gasteiger partial charge in [0.15, 0.2) is 0 Å². The van der Waals surface area contributed by atoms with Gasteiger partial charge in [-0.3, -0.25) is 0 Å². The summed E-state index contributed by atoms with van der Waals surface area (Å²) in [6, 6.07) is 7.77. The molecular weight excluding hydrogens is 236 g/mol. The van der Waals surface area contributed by atoms with Crippen molar-refractivity contribution in [1.82, 2.24) is 9.55 Å². The summed E-state index contributed by atoms with van der Waals surface area (Å²) >= 11 is 6.00. The van der Waals surface area contributed by atoms with Crippen LogP contribution >= 0.6 is 11.6 Å². The molecule has 0 saturated heterocycles. The topological polar surface area (TPSA) is 38.0 Å². The van der Waals surface area contributed by atoms with E-state index in [1.54, 1.807) is 0 Å². The van der Waals surface area contributed by atoms with Crippen LogP contribution in [0.3, 0.4) is 0 Å². The number of aliphatic hydroxyl groups excluding tert-OH is 1. The third-order valence-corrected chi connectivity index (χ3v) is 3.40. The van der Waals surface area contributed by atoms with Crippen LogP contribution < -0.4 is 0 Å². The second kappa shape index (κ2) is 4.17. The molecule has 1 N–H and O–H groups in total. The summed E-state index contributed by atoms with van der Waals surface area (Å²) in [5.74, 6) is 0.957. The van der Waals surface area contributed by atoms with Crippen molar-refractivity contribution in [3.63, 3.8) is 0 Å². The molecule has 1 aromatic heterocycles. The molecule has 1 aromatic carbocycles. The SMILES string of the molecule is OC1CCn2c(-c3cccc(Cl)c3)cnc2C1. The standard InChI is InChI=1S/C13H13ClN2O/c14-10-3-1-2-9(6-10)12-8-15-13-7-11(17)4-5-16(12)13/h1-3,6,8,11,17H,4-5,7H2. The first-order chi connectivity index (χ1) is 8.24. The van der Waals surface area contributed by atoms with Crippen molar-refractivity contribution in [1.29, 1.82) is 0 Å². The predicted molar refractivity (Wildman–Crippen MR) is 67.0 cm³/mol. The fraction of sp³-hybridized carbons (Fsp3) is 0.308. The van der Waals surface area contributed by atoms with Crippen molar-refractivity contribution < 1.29 is 5.11 Å². The Bertz CT molecular complexity index is 550. The quantitative estimate of drug-likeness (QED) is 0.842. The molecule has 0 saturated carbocycles. The van der Waals surface area contributed by atoms with E-state index >= 15 is 0 Å². The van der Waals surface area contributed by atoms with E-state index in [0.717, 1.165) is 35.1 Å².